The molecule has 2 rings (SSSR count). The standard InChI is InChI=1S/C41H70N14O11S/c1-23(34(58)50-28(15-19-67-2)38(62)53-29(9-4-6-17-43)40(64)55-18-7-10-31(55)41(65)66)49-36(60)26(8-3-5-16-42)51-37(61)27(12-14-33(46)57)52-39(63)30(20-24-21-47-22-48-24)54-35(59)25(44)11-13-32(45)56/h21-23,25-31H,3-20,42-44H2,1-2H3,(H2,45,56)(H2,46,57)(H,47,48)(H,49,60)(H,50,58)(H,51,61)(H,52,63)(H,53,62)(H,54,59)(H,65,66)/t23-,25-,26-,27-,28-,29-,30-,31-/m0/s1. The average molecular weight is 967 g/mol. The van der Waals surface area contributed by atoms with Gasteiger partial charge in [0.1, 0.15) is 42.3 Å². The van der Waals surface area contributed by atoms with Gasteiger partial charge in [0.05, 0.1) is 12.4 Å². The summed E-state index contributed by atoms with van der Waals surface area (Å²) in [4.78, 5) is 138. The number of rotatable bonds is 33. The molecule has 0 radical (unpaired) electrons. The van der Waals surface area contributed by atoms with E-state index < -0.39 is 107 Å². The number of aliphatic carboxylic acids is 1. The lowest BCUT2D eigenvalue weighted by Gasteiger charge is -2.29. The van der Waals surface area contributed by atoms with Crippen LogP contribution in [0.5, 0.6) is 0 Å². The number of H-pyrrole nitrogens is 1. The van der Waals surface area contributed by atoms with E-state index in [9.17, 15) is 53.1 Å². The molecule has 18 N–H and O–H groups in total. The summed E-state index contributed by atoms with van der Waals surface area (Å²) in [6, 6.07) is -9.90. The molecule has 0 aromatic carbocycles. The van der Waals surface area contributed by atoms with Gasteiger partial charge >= 0.3 is 5.97 Å². The molecule has 1 aromatic rings. The Morgan fingerprint density at radius 3 is 1.78 bits per heavy atom. The van der Waals surface area contributed by atoms with Crippen LogP contribution in [0.3, 0.4) is 0 Å². The van der Waals surface area contributed by atoms with Crippen LogP contribution in [0.2, 0.25) is 0 Å². The quantitative estimate of drug-likeness (QED) is 0.0297. The molecular formula is C41H70N14O11S. The van der Waals surface area contributed by atoms with Crippen molar-refractivity contribution in [3.8, 4) is 0 Å². The third-order valence-corrected chi connectivity index (χ3v) is 11.6. The summed E-state index contributed by atoms with van der Waals surface area (Å²) < 4.78 is 0. The number of aromatic amines is 1. The molecule has 8 atom stereocenters. The lowest BCUT2D eigenvalue weighted by Crippen LogP contribution is -2.60. The summed E-state index contributed by atoms with van der Waals surface area (Å²) in [5, 5.41) is 25.2. The van der Waals surface area contributed by atoms with E-state index >= 15 is 0 Å². The Morgan fingerprint density at radius 2 is 1.22 bits per heavy atom. The zero-order chi connectivity index (χ0) is 50.1. The third kappa shape index (κ3) is 20.7. The molecule has 1 aliphatic rings. The van der Waals surface area contributed by atoms with E-state index in [0.29, 0.717) is 50.1 Å². The highest BCUT2D eigenvalue weighted by atomic mass is 32.2. The first-order chi connectivity index (χ1) is 31.8. The molecule has 0 aliphatic carbocycles. The van der Waals surface area contributed by atoms with Crippen LogP contribution in [0, 0.1) is 0 Å². The summed E-state index contributed by atoms with van der Waals surface area (Å²) in [5.74, 6) is -7.62. The van der Waals surface area contributed by atoms with Crippen LogP contribution in [-0.2, 0) is 54.4 Å². The van der Waals surface area contributed by atoms with Crippen molar-refractivity contribution in [2.75, 3.05) is 31.6 Å². The SMILES string of the molecule is CSCC[C@H](NC(=O)[C@H](C)NC(=O)[C@H](CCCCN)NC(=O)[C@H](CCC(N)=O)NC(=O)[C@H](Cc1cnc[nH]1)NC(=O)[C@@H](N)CCC(N)=O)C(=O)N[C@@H](CCCCN)C(=O)N1CCC[C@H]1C(=O)O. The smallest absolute Gasteiger partial charge is 0.326 e. The lowest BCUT2D eigenvalue weighted by atomic mass is 10.0. The van der Waals surface area contributed by atoms with E-state index in [2.05, 4.69) is 41.9 Å². The summed E-state index contributed by atoms with van der Waals surface area (Å²) in [6.07, 6.45) is 6.31. The van der Waals surface area contributed by atoms with E-state index in [1.807, 2.05) is 0 Å². The van der Waals surface area contributed by atoms with Crippen molar-refractivity contribution >= 4 is 70.9 Å². The number of nitrogens with two attached hydrogens (primary N) is 5. The molecule has 1 saturated heterocycles. The number of primary amides is 2. The van der Waals surface area contributed by atoms with E-state index in [-0.39, 0.29) is 70.9 Å². The molecule has 0 saturated carbocycles. The van der Waals surface area contributed by atoms with Gasteiger partial charge in [-0.3, -0.25) is 43.2 Å². The average Bonchev–Trinajstić information content (AvgIpc) is 4.00. The van der Waals surface area contributed by atoms with Crippen LogP contribution < -0.4 is 60.6 Å². The van der Waals surface area contributed by atoms with Crippen LogP contribution >= 0.6 is 11.8 Å². The largest absolute Gasteiger partial charge is 0.480 e. The van der Waals surface area contributed by atoms with Gasteiger partial charge in [0.25, 0.3) is 0 Å². The van der Waals surface area contributed by atoms with Crippen molar-refractivity contribution in [2.45, 2.75) is 145 Å². The van der Waals surface area contributed by atoms with Gasteiger partial charge < -0.3 is 75.6 Å². The number of carboxylic acids is 1. The Morgan fingerprint density at radius 1 is 0.716 bits per heavy atom. The van der Waals surface area contributed by atoms with Crippen molar-refractivity contribution < 1.29 is 53.1 Å². The number of imidazole rings is 1. The normalized spacial score (nSPS) is 16.5. The van der Waals surface area contributed by atoms with Crippen LogP contribution in [0.15, 0.2) is 12.5 Å². The van der Waals surface area contributed by atoms with Gasteiger partial charge in [-0.2, -0.15) is 11.8 Å². The molecule has 376 valence electrons. The van der Waals surface area contributed by atoms with Crippen molar-refractivity contribution in [2.24, 2.45) is 28.7 Å². The molecule has 26 heteroatoms. The first-order valence-electron chi connectivity index (χ1n) is 22.4. The van der Waals surface area contributed by atoms with E-state index in [0.717, 1.165) is 0 Å². The number of thioether (sulfide) groups is 1. The second-order valence-electron chi connectivity index (χ2n) is 16.3. The second-order valence-corrected chi connectivity index (χ2v) is 17.3. The number of hydrogen-bond donors (Lipinski definition) is 13. The molecule has 9 amide bonds. The molecule has 0 unspecified atom stereocenters. The zero-order valence-corrected chi connectivity index (χ0v) is 39.0. The highest BCUT2D eigenvalue weighted by molar-refractivity contribution is 7.98. The van der Waals surface area contributed by atoms with E-state index in [1.165, 1.54) is 36.1 Å². The van der Waals surface area contributed by atoms with E-state index in [4.69, 9.17) is 28.7 Å². The number of unbranched alkanes of at least 4 members (excludes halogenated alkanes) is 2. The fourth-order valence-corrected chi connectivity index (χ4v) is 7.56. The predicted octanol–water partition coefficient (Wildman–Crippen LogP) is -4.17. The van der Waals surface area contributed by atoms with Gasteiger partial charge in [-0.1, -0.05) is 0 Å². The minimum atomic E-state index is -1.47. The number of nitrogens with zero attached hydrogens (tertiary/aromatic N) is 2. The molecule has 67 heavy (non-hydrogen) atoms. The van der Waals surface area contributed by atoms with Gasteiger partial charge in [-0.15, -0.1) is 0 Å². The van der Waals surface area contributed by atoms with Gasteiger partial charge in [0.15, 0.2) is 0 Å². The highest BCUT2D eigenvalue weighted by Gasteiger charge is 2.39. The van der Waals surface area contributed by atoms with E-state index in [1.54, 1.807) is 6.26 Å². The van der Waals surface area contributed by atoms with Crippen LogP contribution in [0.1, 0.15) is 96.1 Å². The molecule has 2 heterocycles. The molecule has 1 aromatic heterocycles. The summed E-state index contributed by atoms with van der Waals surface area (Å²) >= 11 is 1.40. The zero-order valence-electron chi connectivity index (χ0n) is 38.2. The third-order valence-electron chi connectivity index (χ3n) is 10.9. The maximum absolute atomic E-state index is 13.9. The molecule has 25 nitrogen and oxygen atoms in total. The number of nitrogens with one attached hydrogen (secondary N) is 7. The van der Waals surface area contributed by atoms with Gasteiger partial charge in [0, 0.05) is 37.7 Å². The fraction of sp³-hybridized carbons (Fsp3) is 0.683. The first kappa shape index (κ1) is 57.3. The van der Waals surface area contributed by atoms with Gasteiger partial charge in [-0.05, 0) is 103 Å². The van der Waals surface area contributed by atoms with Crippen molar-refractivity contribution in [3.05, 3.63) is 18.2 Å². The van der Waals surface area contributed by atoms with Gasteiger partial charge in [-0.25, -0.2) is 9.78 Å². The summed E-state index contributed by atoms with van der Waals surface area (Å²) in [5.41, 5.74) is 28.3. The summed E-state index contributed by atoms with van der Waals surface area (Å²) in [7, 11) is 0. The monoisotopic (exact) mass is 967 g/mol. The topological polar surface area (TPSA) is 425 Å². The number of hydrogen-bond acceptors (Lipinski definition) is 15. The molecule has 0 spiro atoms. The Bertz CT molecular complexity index is 1820. The Hall–Kier alpha value is -5.86. The minimum Gasteiger partial charge on any atom is -0.480 e. The fourth-order valence-electron chi connectivity index (χ4n) is 7.09. The highest BCUT2D eigenvalue weighted by Crippen LogP contribution is 2.20. The summed E-state index contributed by atoms with van der Waals surface area (Å²) in [6.45, 7) is 2.16. The number of aromatic nitrogens is 2. The number of likely N-dealkylation sites (tertiary alicyclic amines) is 1. The lowest BCUT2D eigenvalue weighted by molar-refractivity contribution is -0.149. The van der Waals surface area contributed by atoms with Crippen molar-refractivity contribution in [1.29, 1.82) is 0 Å². The minimum absolute atomic E-state index is 0.0272. The predicted molar refractivity (Wildman–Crippen MR) is 246 cm³/mol. The number of carbonyl (C=O) groups is 10. The van der Waals surface area contributed by atoms with Gasteiger partial charge in [0.2, 0.25) is 53.2 Å². The van der Waals surface area contributed by atoms with Crippen molar-refractivity contribution in [3.63, 3.8) is 0 Å². The molecule has 1 fully saturated rings. The number of carbonyl (C=O) groups excluding carboxylic acids is 9. The molecular weight excluding hydrogens is 897 g/mol. The Kier molecular flexibility index (Phi) is 26.0. The molecule has 1 aliphatic heterocycles. The van der Waals surface area contributed by atoms with Crippen LogP contribution in [0.25, 0.3) is 0 Å². The van der Waals surface area contributed by atoms with Crippen molar-refractivity contribution in [1.82, 2.24) is 46.8 Å². The number of amides is 9. The Labute approximate surface area is 393 Å². The maximum Gasteiger partial charge on any atom is 0.326 e. The Balaban J connectivity index is 2.28. The van der Waals surface area contributed by atoms with Crippen LogP contribution in [0.4, 0.5) is 0 Å². The molecule has 0 bridgehead atoms. The van der Waals surface area contributed by atoms with Crippen LogP contribution in [-0.4, -0.2) is 159 Å². The maximum atomic E-state index is 13.9. The second kappa shape index (κ2) is 30.4. The number of carboxylic acid groups (broad SMARTS) is 1. The first-order valence-corrected chi connectivity index (χ1v) is 23.8.